The zero-order valence-electron chi connectivity index (χ0n) is 8.00. The van der Waals surface area contributed by atoms with Crippen LogP contribution >= 0.6 is 11.8 Å². The first kappa shape index (κ1) is 8.57. The third kappa shape index (κ3) is 1.32. The molecule has 4 fully saturated rings. The zero-order valence-corrected chi connectivity index (χ0v) is 8.81. The van der Waals surface area contributed by atoms with Crippen molar-refractivity contribution in [3.05, 3.63) is 0 Å². The Morgan fingerprint density at radius 2 is 2.15 bits per heavy atom. The molecule has 4 aliphatic rings. The van der Waals surface area contributed by atoms with E-state index in [0.29, 0.717) is 0 Å². The summed E-state index contributed by atoms with van der Waals surface area (Å²) in [5, 5.41) is 0. The van der Waals surface area contributed by atoms with Crippen LogP contribution in [0.15, 0.2) is 0 Å². The van der Waals surface area contributed by atoms with Crippen LogP contribution in [-0.2, 0) is 4.74 Å². The van der Waals surface area contributed by atoms with E-state index >= 15 is 0 Å². The van der Waals surface area contributed by atoms with Crippen LogP contribution in [0.25, 0.3) is 0 Å². The molecular formula is C10H17NOS. The van der Waals surface area contributed by atoms with Crippen LogP contribution in [0.1, 0.15) is 19.3 Å². The maximum atomic E-state index is 6.06. The SMILES string of the molecule is C1COC2(CN3CCC2CC3)SC1. The smallest absolute Gasteiger partial charge is 0.129 e. The molecule has 4 heterocycles. The molecule has 0 aliphatic carbocycles. The summed E-state index contributed by atoms with van der Waals surface area (Å²) in [6, 6.07) is 0. The van der Waals surface area contributed by atoms with Crippen LogP contribution in [0, 0.1) is 5.92 Å². The second-order valence-electron chi connectivity index (χ2n) is 4.41. The Hall–Kier alpha value is 0.270. The van der Waals surface area contributed by atoms with Gasteiger partial charge in [-0.3, -0.25) is 4.90 Å². The lowest BCUT2D eigenvalue weighted by atomic mass is 9.85. The number of hydrogen-bond acceptors (Lipinski definition) is 3. The number of hydrogen-bond donors (Lipinski definition) is 0. The highest BCUT2D eigenvalue weighted by Gasteiger charge is 2.48. The van der Waals surface area contributed by atoms with Gasteiger partial charge in [-0.1, -0.05) is 0 Å². The summed E-state index contributed by atoms with van der Waals surface area (Å²) in [6.45, 7) is 4.83. The maximum absolute atomic E-state index is 6.06. The Labute approximate surface area is 84.0 Å². The number of rotatable bonds is 0. The molecule has 13 heavy (non-hydrogen) atoms. The van der Waals surface area contributed by atoms with Gasteiger partial charge in [0.2, 0.25) is 0 Å². The average molecular weight is 199 g/mol. The first-order valence-electron chi connectivity index (χ1n) is 5.39. The molecule has 4 aliphatic heterocycles. The minimum atomic E-state index is 0.217. The third-order valence-corrected chi connectivity index (χ3v) is 5.20. The molecule has 1 spiro atoms. The summed E-state index contributed by atoms with van der Waals surface area (Å²) in [7, 11) is 0. The van der Waals surface area contributed by atoms with E-state index in [9.17, 15) is 0 Å². The molecule has 2 nitrogen and oxygen atoms in total. The molecule has 0 amide bonds. The molecule has 0 aromatic heterocycles. The highest BCUT2D eigenvalue weighted by molar-refractivity contribution is 8.00. The summed E-state index contributed by atoms with van der Waals surface area (Å²) < 4.78 is 6.06. The van der Waals surface area contributed by atoms with Crippen LogP contribution in [0.3, 0.4) is 0 Å². The van der Waals surface area contributed by atoms with Gasteiger partial charge in [0.1, 0.15) is 4.93 Å². The van der Waals surface area contributed by atoms with Crippen LogP contribution in [0.5, 0.6) is 0 Å². The molecule has 0 aromatic rings. The Bertz CT molecular complexity index is 195. The molecule has 4 rings (SSSR count). The maximum Gasteiger partial charge on any atom is 0.129 e. The standard InChI is InChI=1S/C10H17NOS/c1-6-12-10(13-7-1)8-11-4-2-9(10)3-5-11/h9H,1-8H2. The van der Waals surface area contributed by atoms with Crippen LogP contribution < -0.4 is 0 Å². The third-order valence-electron chi connectivity index (χ3n) is 3.64. The van der Waals surface area contributed by atoms with E-state index in [1.807, 2.05) is 0 Å². The summed E-state index contributed by atoms with van der Waals surface area (Å²) >= 11 is 2.09. The van der Waals surface area contributed by atoms with Crippen LogP contribution in [0.4, 0.5) is 0 Å². The van der Waals surface area contributed by atoms with E-state index in [1.54, 1.807) is 0 Å². The van der Waals surface area contributed by atoms with Gasteiger partial charge in [0.15, 0.2) is 0 Å². The second kappa shape index (κ2) is 3.14. The Morgan fingerprint density at radius 1 is 1.31 bits per heavy atom. The molecule has 3 heteroatoms. The lowest BCUT2D eigenvalue weighted by molar-refractivity contribution is -0.0974. The number of ether oxygens (including phenoxy) is 1. The van der Waals surface area contributed by atoms with Crippen molar-refractivity contribution in [2.24, 2.45) is 5.92 Å². The normalized spacial score (nSPS) is 49.8. The van der Waals surface area contributed by atoms with Gasteiger partial charge < -0.3 is 4.74 Å². The van der Waals surface area contributed by atoms with E-state index in [4.69, 9.17) is 4.74 Å². The number of nitrogens with zero attached hydrogens (tertiary/aromatic N) is 1. The fourth-order valence-electron chi connectivity index (χ4n) is 2.89. The molecule has 0 N–H and O–H groups in total. The minimum absolute atomic E-state index is 0.217. The predicted octanol–water partition coefficient (Wildman–Crippen LogP) is 1.56. The van der Waals surface area contributed by atoms with E-state index in [2.05, 4.69) is 16.7 Å². The molecule has 2 bridgehead atoms. The van der Waals surface area contributed by atoms with Crippen molar-refractivity contribution >= 4 is 11.8 Å². The second-order valence-corrected chi connectivity index (χ2v) is 5.80. The molecule has 1 unspecified atom stereocenters. The van der Waals surface area contributed by atoms with Gasteiger partial charge in [0.05, 0.1) is 0 Å². The molecular weight excluding hydrogens is 182 g/mol. The monoisotopic (exact) mass is 199 g/mol. The first-order chi connectivity index (χ1) is 6.39. The van der Waals surface area contributed by atoms with E-state index in [-0.39, 0.29) is 4.93 Å². The quantitative estimate of drug-likeness (QED) is 0.587. The van der Waals surface area contributed by atoms with Crippen LogP contribution in [0.2, 0.25) is 0 Å². The number of fused-ring (bicyclic) bond motifs is 2. The largest absolute Gasteiger partial charge is 0.363 e. The first-order valence-corrected chi connectivity index (χ1v) is 6.38. The van der Waals surface area contributed by atoms with Crippen molar-refractivity contribution in [2.45, 2.75) is 24.2 Å². The lowest BCUT2D eigenvalue weighted by Crippen LogP contribution is -2.59. The highest BCUT2D eigenvalue weighted by Crippen LogP contribution is 2.47. The summed E-state index contributed by atoms with van der Waals surface area (Å²) in [5.41, 5.74) is 0. The summed E-state index contributed by atoms with van der Waals surface area (Å²) in [6.07, 6.45) is 3.99. The van der Waals surface area contributed by atoms with Crippen molar-refractivity contribution in [3.8, 4) is 0 Å². The van der Waals surface area contributed by atoms with Gasteiger partial charge in [0.25, 0.3) is 0 Å². The number of thioether (sulfide) groups is 1. The fraction of sp³-hybridized carbons (Fsp3) is 1.00. The zero-order chi connectivity index (χ0) is 8.73. The minimum Gasteiger partial charge on any atom is -0.363 e. The van der Waals surface area contributed by atoms with Gasteiger partial charge in [-0.05, 0) is 38.1 Å². The summed E-state index contributed by atoms with van der Waals surface area (Å²) in [5.74, 6) is 2.16. The summed E-state index contributed by atoms with van der Waals surface area (Å²) in [4.78, 5) is 2.80. The van der Waals surface area contributed by atoms with Gasteiger partial charge in [-0.25, -0.2) is 0 Å². The van der Waals surface area contributed by atoms with Crippen molar-refractivity contribution in [3.63, 3.8) is 0 Å². The topological polar surface area (TPSA) is 12.5 Å². The van der Waals surface area contributed by atoms with Gasteiger partial charge >= 0.3 is 0 Å². The van der Waals surface area contributed by atoms with Gasteiger partial charge in [-0.15, -0.1) is 11.8 Å². The van der Waals surface area contributed by atoms with Crippen molar-refractivity contribution in [1.29, 1.82) is 0 Å². The molecule has 0 radical (unpaired) electrons. The van der Waals surface area contributed by atoms with Crippen LogP contribution in [-0.4, -0.2) is 41.8 Å². The van der Waals surface area contributed by atoms with E-state index in [1.165, 1.54) is 44.6 Å². The average Bonchev–Trinajstić information content (AvgIpc) is 2.20. The Balaban J connectivity index is 1.81. The predicted molar refractivity (Wildman–Crippen MR) is 54.9 cm³/mol. The van der Waals surface area contributed by atoms with Crippen molar-refractivity contribution < 1.29 is 4.74 Å². The van der Waals surface area contributed by atoms with E-state index < -0.39 is 0 Å². The lowest BCUT2D eigenvalue weighted by Gasteiger charge is -2.53. The molecule has 0 saturated carbocycles. The van der Waals surface area contributed by atoms with Gasteiger partial charge in [-0.2, -0.15) is 0 Å². The molecule has 4 saturated heterocycles. The molecule has 74 valence electrons. The highest BCUT2D eigenvalue weighted by atomic mass is 32.2. The Morgan fingerprint density at radius 3 is 2.69 bits per heavy atom. The fourth-order valence-corrected chi connectivity index (χ4v) is 4.41. The van der Waals surface area contributed by atoms with Crippen molar-refractivity contribution in [1.82, 2.24) is 4.90 Å². The molecule has 0 aromatic carbocycles. The van der Waals surface area contributed by atoms with Gasteiger partial charge in [0, 0.05) is 19.1 Å². The van der Waals surface area contributed by atoms with E-state index in [0.717, 1.165) is 12.5 Å². The van der Waals surface area contributed by atoms with Crippen molar-refractivity contribution in [2.75, 3.05) is 32.0 Å². The Kier molecular flexibility index (Phi) is 2.07. The number of piperidine rings is 3. The molecule has 1 atom stereocenters.